The van der Waals surface area contributed by atoms with E-state index in [0.29, 0.717) is 5.92 Å². The Bertz CT molecular complexity index is 417. The van der Waals surface area contributed by atoms with Gasteiger partial charge < -0.3 is 9.84 Å². The van der Waals surface area contributed by atoms with Crippen LogP contribution < -0.4 is 4.74 Å². The molecule has 0 saturated heterocycles. The van der Waals surface area contributed by atoms with Crippen molar-refractivity contribution in [3.05, 3.63) is 24.3 Å². The van der Waals surface area contributed by atoms with Crippen LogP contribution in [0.5, 0.6) is 11.5 Å². The average molecular weight is 335 g/mol. The molecule has 0 aliphatic heterocycles. The van der Waals surface area contributed by atoms with Crippen molar-refractivity contribution in [1.29, 1.82) is 0 Å². The van der Waals surface area contributed by atoms with Gasteiger partial charge in [0.2, 0.25) is 0 Å². The monoisotopic (exact) mass is 334 g/mol. The van der Waals surface area contributed by atoms with Crippen molar-refractivity contribution in [2.24, 2.45) is 11.3 Å². The smallest absolute Gasteiger partial charge is 0.119 e. The highest BCUT2D eigenvalue weighted by Gasteiger charge is 2.24. The van der Waals surface area contributed by atoms with Crippen LogP contribution >= 0.6 is 0 Å². The summed E-state index contributed by atoms with van der Waals surface area (Å²) in [7, 11) is 0. The number of phenols is 1. The minimum absolute atomic E-state index is 0.262. The van der Waals surface area contributed by atoms with Gasteiger partial charge in [-0.15, -0.1) is 0 Å². The summed E-state index contributed by atoms with van der Waals surface area (Å²) >= 11 is 0. The van der Waals surface area contributed by atoms with Crippen molar-refractivity contribution >= 4 is 0 Å². The van der Waals surface area contributed by atoms with E-state index in [-0.39, 0.29) is 11.2 Å². The molecular formula is C22H38O2. The number of rotatable bonds is 12. The van der Waals surface area contributed by atoms with Gasteiger partial charge in [-0.2, -0.15) is 0 Å². The number of aromatic hydroxyl groups is 1. The lowest BCUT2D eigenvalue weighted by Crippen LogP contribution is -2.26. The van der Waals surface area contributed by atoms with E-state index in [1.807, 2.05) is 12.1 Å². The molecule has 0 aromatic heterocycles. The van der Waals surface area contributed by atoms with Crippen LogP contribution in [0.3, 0.4) is 0 Å². The molecule has 2 heteroatoms. The van der Waals surface area contributed by atoms with Gasteiger partial charge in [0.25, 0.3) is 0 Å². The van der Waals surface area contributed by atoms with Crippen molar-refractivity contribution in [2.75, 3.05) is 6.61 Å². The molecular weight excluding hydrogens is 296 g/mol. The fourth-order valence-electron chi connectivity index (χ4n) is 3.03. The molecule has 0 saturated carbocycles. The number of ether oxygens (including phenoxy) is 1. The lowest BCUT2D eigenvalue weighted by molar-refractivity contribution is 0.134. The van der Waals surface area contributed by atoms with Gasteiger partial charge >= 0.3 is 0 Å². The highest BCUT2D eigenvalue weighted by atomic mass is 16.5. The van der Waals surface area contributed by atoms with E-state index in [1.54, 1.807) is 12.1 Å². The molecule has 0 fully saturated rings. The van der Waals surface area contributed by atoms with Crippen LogP contribution in [0.25, 0.3) is 0 Å². The summed E-state index contributed by atoms with van der Waals surface area (Å²) in [4.78, 5) is 0. The van der Waals surface area contributed by atoms with Gasteiger partial charge in [0.05, 0.1) is 6.61 Å². The van der Waals surface area contributed by atoms with Crippen molar-refractivity contribution < 1.29 is 9.84 Å². The van der Waals surface area contributed by atoms with Crippen LogP contribution in [0, 0.1) is 11.3 Å². The zero-order valence-corrected chi connectivity index (χ0v) is 16.3. The Morgan fingerprint density at radius 1 is 0.875 bits per heavy atom. The summed E-state index contributed by atoms with van der Waals surface area (Å²) in [5.74, 6) is 1.69. The summed E-state index contributed by atoms with van der Waals surface area (Å²) in [6, 6.07) is 7.04. The number of phenolic OH excluding ortho intramolecular Hbond substituents is 1. The van der Waals surface area contributed by atoms with E-state index < -0.39 is 0 Å². The molecule has 1 aromatic carbocycles. The first-order valence-electron chi connectivity index (χ1n) is 9.85. The van der Waals surface area contributed by atoms with Crippen molar-refractivity contribution in [3.63, 3.8) is 0 Å². The predicted octanol–water partition coefficient (Wildman–Crippen LogP) is 6.96. The van der Waals surface area contributed by atoms with Crippen molar-refractivity contribution in [2.45, 2.75) is 85.5 Å². The lowest BCUT2D eigenvalue weighted by atomic mass is 9.78. The van der Waals surface area contributed by atoms with Gasteiger partial charge in [-0.05, 0) is 42.0 Å². The quantitative estimate of drug-likeness (QED) is 0.418. The Balaban J connectivity index is 2.26. The van der Waals surface area contributed by atoms with Crippen LogP contribution in [-0.2, 0) is 0 Å². The zero-order valence-electron chi connectivity index (χ0n) is 16.3. The number of unbranched alkanes of at least 4 members (excludes halogenated alkanes) is 7. The van der Waals surface area contributed by atoms with E-state index in [0.717, 1.165) is 12.4 Å². The second-order valence-corrected chi connectivity index (χ2v) is 8.13. The minimum Gasteiger partial charge on any atom is -0.508 e. The Morgan fingerprint density at radius 3 is 1.96 bits per heavy atom. The number of hydrogen-bond acceptors (Lipinski definition) is 2. The van der Waals surface area contributed by atoms with Crippen LogP contribution in [0.2, 0.25) is 0 Å². The van der Waals surface area contributed by atoms with Gasteiger partial charge in [-0.1, -0.05) is 79.1 Å². The third kappa shape index (κ3) is 9.20. The number of benzene rings is 1. The fraction of sp³-hybridized carbons (Fsp3) is 0.727. The third-order valence-electron chi connectivity index (χ3n) is 4.92. The number of hydrogen-bond donors (Lipinski definition) is 1. The van der Waals surface area contributed by atoms with Gasteiger partial charge in [-0.3, -0.25) is 0 Å². The normalized spacial score (nSPS) is 13.0. The second kappa shape index (κ2) is 11.4. The van der Waals surface area contributed by atoms with Gasteiger partial charge in [0.15, 0.2) is 0 Å². The average Bonchev–Trinajstić information content (AvgIpc) is 2.53. The summed E-state index contributed by atoms with van der Waals surface area (Å²) in [5.41, 5.74) is 0.262. The molecule has 1 N–H and O–H groups in total. The summed E-state index contributed by atoms with van der Waals surface area (Å²) < 4.78 is 5.96. The predicted molar refractivity (Wildman–Crippen MR) is 104 cm³/mol. The SMILES string of the molecule is CCCCCCCCCCC(COc1ccc(O)cc1)C(C)(C)C. The summed E-state index contributed by atoms with van der Waals surface area (Å²) in [6.45, 7) is 9.95. The molecule has 1 atom stereocenters. The van der Waals surface area contributed by atoms with Crippen molar-refractivity contribution in [3.8, 4) is 11.5 Å². The van der Waals surface area contributed by atoms with E-state index >= 15 is 0 Å². The molecule has 0 aliphatic rings. The van der Waals surface area contributed by atoms with Gasteiger partial charge in [0.1, 0.15) is 11.5 Å². The maximum Gasteiger partial charge on any atom is 0.119 e. The first kappa shape index (κ1) is 20.9. The molecule has 0 heterocycles. The zero-order chi connectivity index (χ0) is 17.8. The lowest BCUT2D eigenvalue weighted by Gasteiger charge is -2.30. The van der Waals surface area contributed by atoms with E-state index in [9.17, 15) is 5.11 Å². The second-order valence-electron chi connectivity index (χ2n) is 8.13. The van der Waals surface area contributed by atoms with E-state index in [2.05, 4.69) is 27.7 Å². The van der Waals surface area contributed by atoms with Gasteiger partial charge in [-0.25, -0.2) is 0 Å². The molecule has 0 bridgehead atoms. The molecule has 0 radical (unpaired) electrons. The van der Waals surface area contributed by atoms with Crippen molar-refractivity contribution in [1.82, 2.24) is 0 Å². The molecule has 2 nitrogen and oxygen atoms in total. The molecule has 0 spiro atoms. The van der Waals surface area contributed by atoms with Crippen LogP contribution in [0.4, 0.5) is 0 Å². The first-order valence-corrected chi connectivity index (χ1v) is 9.85. The highest BCUT2D eigenvalue weighted by Crippen LogP contribution is 2.31. The molecule has 138 valence electrons. The van der Waals surface area contributed by atoms with E-state index in [1.165, 1.54) is 57.8 Å². The Hall–Kier alpha value is -1.18. The van der Waals surface area contributed by atoms with Crippen LogP contribution in [-0.4, -0.2) is 11.7 Å². The topological polar surface area (TPSA) is 29.5 Å². The van der Waals surface area contributed by atoms with Crippen LogP contribution in [0.1, 0.15) is 85.5 Å². The molecule has 1 rings (SSSR count). The van der Waals surface area contributed by atoms with E-state index in [4.69, 9.17) is 4.74 Å². The fourth-order valence-corrected chi connectivity index (χ4v) is 3.03. The van der Waals surface area contributed by atoms with Gasteiger partial charge in [0, 0.05) is 0 Å². The Labute approximate surface area is 149 Å². The maximum absolute atomic E-state index is 9.34. The summed E-state index contributed by atoms with van der Waals surface area (Å²) in [5, 5.41) is 9.34. The summed E-state index contributed by atoms with van der Waals surface area (Å²) in [6.07, 6.45) is 12.2. The minimum atomic E-state index is 0.262. The standard InChI is InChI=1S/C22H38O2/c1-5-6-7-8-9-10-11-12-13-19(22(2,3)4)18-24-21-16-14-20(23)15-17-21/h14-17,19,23H,5-13,18H2,1-4H3. The Morgan fingerprint density at radius 2 is 1.42 bits per heavy atom. The molecule has 1 unspecified atom stereocenters. The Kier molecular flexibility index (Phi) is 9.90. The van der Waals surface area contributed by atoms with Crippen LogP contribution in [0.15, 0.2) is 24.3 Å². The largest absolute Gasteiger partial charge is 0.508 e. The molecule has 0 amide bonds. The maximum atomic E-state index is 9.34. The molecule has 0 aliphatic carbocycles. The molecule has 24 heavy (non-hydrogen) atoms. The third-order valence-corrected chi connectivity index (χ3v) is 4.92. The first-order chi connectivity index (χ1) is 11.4. The molecule has 1 aromatic rings. The highest BCUT2D eigenvalue weighted by molar-refractivity contribution is 5.30.